The lowest BCUT2D eigenvalue weighted by atomic mass is 10.0. The van der Waals surface area contributed by atoms with Crippen LogP contribution in [0.2, 0.25) is 0 Å². The molecule has 2 unspecified atom stereocenters. The lowest BCUT2D eigenvalue weighted by Crippen LogP contribution is -2.36. The number of rotatable bonds is 4. The number of piperidine rings is 1. The second-order valence-corrected chi connectivity index (χ2v) is 5.79. The summed E-state index contributed by atoms with van der Waals surface area (Å²) in [7, 11) is 0. The van der Waals surface area contributed by atoms with Crippen molar-refractivity contribution < 1.29 is 4.79 Å². The molecule has 1 aliphatic rings. The van der Waals surface area contributed by atoms with Gasteiger partial charge in [0.1, 0.15) is 0 Å². The second-order valence-electron chi connectivity index (χ2n) is 5.79. The highest BCUT2D eigenvalue weighted by molar-refractivity contribution is 5.94. The zero-order valence-corrected chi connectivity index (χ0v) is 13.7. The number of carbonyl (C=O) groups excluding carboxylic acids is 1. The lowest BCUT2D eigenvalue weighted by Gasteiger charge is -2.33. The molecular formula is C16H26ClN3O. The maximum Gasteiger partial charge on any atom is 0.240 e. The van der Waals surface area contributed by atoms with Gasteiger partial charge in [-0.1, -0.05) is 18.6 Å². The van der Waals surface area contributed by atoms with Gasteiger partial charge < -0.3 is 11.1 Å². The van der Waals surface area contributed by atoms with Gasteiger partial charge in [-0.3, -0.25) is 9.69 Å². The summed E-state index contributed by atoms with van der Waals surface area (Å²) < 4.78 is 0. The fourth-order valence-electron chi connectivity index (χ4n) is 2.58. The molecule has 0 aliphatic carbocycles. The van der Waals surface area contributed by atoms with Crippen LogP contribution < -0.4 is 11.1 Å². The minimum absolute atomic E-state index is 0. The Labute approximate surface area is 133 Å². The van der Waals surface area contributed by atoms with E-state index in [1.165, 1.54) is 31.4 Å². The Kier molecular flexibility index (Phi) is 7.15. The minimum atomic E-state index is -0.483. The fourth-order valence-corrected chi connectivity index (χ4v) is 2.58. The third kappa shape index (κ3) is 5.30. The van der Waals surface area contributed by atoms with Crippen molar-refractivity contribution in [1.29, 1.82) is 0 Å². The highest BCUT2D eigenvalue weighted by atomic mass is 35.5. The van der Waals surface area contributed by atoms with E-state index in [9.17, 15) is 4.79 Å². The molecule has 1 amide bonds. The molecule has 3 N–H and O–H groups in total. The lowest BCUT2D eigenvalue weighted by molar-refractivity contribution is -0.117. The van der Waals surface area contributed by atoms with Crippen LogP contribution in [0.3, 0.4) is 0 Å². The Morgan fingerprint density at radius 2 is 2.05 bits per heavy atom. The topological polar surface area (TPSA) is 58.4 Å². The van der Waals surface area contributed by atoms with Crippen LogP contribution in [0.25, 0.3) is 0 Å². The monoisotopic (exact) mass is 311 g/mol. The smallest absolute Gasteiger partial charge is 0.240 e. The van der Waals surface area contributed by atoms with Crippen LogP contribution in [0.5, 0.6) is 0 Å². The highest BCUT2D eigenvalue weighted by Crippen LogP contribution is 2.20. The summed E-state index contributed by atoms with van der Waals surface area (Å²) >= 11 is 0. The van der Waals surface area contributed by atoms with Crippen molar-refractivity contribution in [2.24, 2.45) is 5.73 Å². The number of benzene rings is 1. The standard InChI is InChI=1S/C16H25N3O.ClH/c1-12-5-3-4-10-19(12)11-14-6-8-15(9-7-14)18-16(20)13(2)17;/h6-9,12-13H,3-5,10-11,17H2,1-2H3,(H,18,20);1H. The molecule has 0 bridgehead atoms. The largest absolute Gasteiger partial charge is 0.325 e. The van der Waals surface area contributed by atoms with E-state index >= 15 is 0 Å². The van der Waals surface area contributed by atoms with Gasteiger partial charge in [0.05, 0.1) is 6.04 Å². The molecule has 2 atom stereocenters. The quantitative estimate of drug-likeness (QED) is 0.899. The zero-order chi connectivity index (χ0) is 14.5. The third-order valence-electron chi connectivity index (χ3n) is 3.96. The molecule has 0 radical (unpaired) electrons. The summed E-state index contributed by atoms with van der Waals surface area (Å²) in [4.78, 5) is 14.0. The van der Waals surface area contributed by atoms with E-state index in [4.69, 9.17) is 5.73 Å². The maximum absolute atomic E-state index is 11.5. The number of amides is 1. The van der Waals surface area contributed by atoms with Crippen molar-refractivity contribution >= 4 is 24.0 Å². The average molecular weight is 312 g/mol. The summed E-state index contributed by atoms with van der Waals surface area (Å²) in [6.45, 7) is 6.16. The number of nitrogens with one attached hydrogen (secondary N) is 1. The molecule has 118 valence electrons. The SMILES string of the molecule is CC(N)C(=O)Nc1ccc(CN2CCCCC2C)cc1.Cl. The minimum Gasteiger partial charge on any atom is -0.325 e. The van der Waals surface area contributed by atoms with Gasteiger partial charge in [-0.05, 0) is 50.9 Å². The van der Waals surface area contributed by atoms with E-state index in [0.29, 0.717) is 6.04 Å². The van der Waals surface area contributed by atoms with E-state index in [2.05, 4.69) is 29.3 Å². The van der Waals surface area contributed by atoms with Crippen molar-refractivity contribution in [2.45, 2.75) is 51.7 Å². The van der Waals surface area contributed by atoms with E-state index < -0.39 is 6.04 Å². The zero-order valence-electron chi connectivity index (χ0n) is 12.8. The van der Waals surface area contributed by atoms with Crippen molar-refractivity contribution in [1.82, 2.24) is 4.90 Å². The molecule has 4 nitrogen and oxygen atoms in total. The molecule has 21 heavy (non-hydrogen) atoms. The van der Waals surface area contributed by atoms with E-state index in [0.717, 1.165) is 12.2 Å². The van der Waals surface area contributed by atoms with Gasteiger partial charge >= 0.3 is 0 Å². The van der Waals surface area contributed by atoms with Crippen molar-refractivity contribution in [3.8, 4) is 0 Å². The average Bonchev–Trinajstić information content (AvgIpc) is 2.43. The Bertz CT molecular complexity index is 447. The Morgan fingerprint density at radius 3 is 2.62 bits per heavy atom. The van der Waals surface area contributed by atoms with Crippen LogP contribution in [-0.2, 0) is 11.3 Å². The van der Waals surface area contributed by atoms with Crippen LogP contribution in [0.1, 0.15) is 38.7 Å². The normalized spacial score (nSPS) is 20.4. The van der Waals surface area contributed by atoms with Gasteiger partial charge in [-0.2, -0.15) is 0 Å². The number of carbonyl (C=O) groups is 1. The third-order valence-corrected chi connectivity index (χ3v) is 3.96. The van der Waals surface area contributed by atoms with Gasteiger partial charge in [0.15, 0.2) is 0 Å². The first-order chi connectivity index (χ1) is 9.56. The van der Waals surface area contributed by atoms with Gasteiger partial charge in [0.2, 0.25) is 5.91 Å². The summed E-state index contributed by atoms with van der Waals surface area (Å²) in [5.41, 5.74) is 7.63. The Balaban J connectivity index is 0.00000220. The molecule has 0 saturated carbocycles. The molecule has 1 heterocycles. The number of nitrogens with zero attached hydrogens (tertiary/aromatic N) is 1. The van der Waals surface area contributed by atoms with Crippen LogP contribution in [0, 0.1) is 0 Å². The van der Waals surface area contributed by atoms with Crippen LogP contribution >= 0.6 is 12.4 Å². The molecule has 1 saturated heterocycles. The molecular weight excluding hydrogens is 286 g/mol. The summed E-state index contributed by atoms with van der Waals surface area (Å²) in [5, 5.41) is 2.80. The van der Waals surface area contributed by atoms with Gasteiger partial charge in [-0.25, -0.2) is 0 Å². The highest BCUT2D eigenvalue weighted by Gasteiger charge is 2.18. The number of likely N-dealkylation sites (tertiary alicyclic amines) is 1. The van der Waals surface area contributed by atoms with E-state index in [1.54, 1.807) is 6.92 Å². The van der Waals surface area contributed by atoms with Gasteiger partial charge in [0.25, 0.3) is 0 Å². The number of hydrogen-bond acceptors (Lipinski definition) is 3. The summed E-state index contributed by atoms with van der Waals surface area (Å²) in [5.74, 6) is -0.151. The summed E-state index contributed by atoms with van der Waals surface area (Å²) in [6.07, 6.45) is 3.94. The molecule has 1 aromatic rings. The van der Waals surface area contributed by atoms with Crippen molar-refractivity contribution in [3.05, 3.63) is 29.8 Å². The maximum atomic E-state index is 11.5. The van der Waals surface area contributed by atoms with Gasteiger partial charge in [0, 0.05) is 18.3 Å². The molecule has 1 aliphatic heterocycles. The van der Waals surface area contributed by atoms with Crippen LogP contribution in [0.15, 0.2) is 24.3 Å². The summed E-state index contributed by atoms with van der Waals surface area (Å²) in [6, 6.07) is 8.25. The molecule has 1 fully saturated rings. The Hall–Kier alpha value is -1.10. The number of nitrogens with two attached hydrogens (primary N) is 1. The van der Waals surface area contributed by atoms with E-state index in [1.807, 2.05) is 12.1 Å². The van der Waals surface area contributed by atoms with Gasteiger partial charge in [-0.15, -0.1) is 12.4 Å². The van der Waals surface area contributed by atoms with Crippen molar-refractivity contribution in [2.75, 3.05) is 11.9 Å². The van der Waals surface area contributed by atoms with E-state index in [-0.39, 0.29) is 18.3 Å². The fraction of sp³-hybridized carbons (Fsp3) is 0.562. The molecule has 5 heteroatoms. The second kappa shape index (κ2) is 8.37. The predicted molar refractivity (Wildman–Crippen MR) is 89.7 cm³/mol. The number of hydrogen-bond donors (Lipinski definition) is 2. The first kappa shape index (κ1) is 18.0. The molecule has 1 aromatic carbocycles. The molecule has 2 rings (SSSR count). The first-order valence-corrected chi connectivity index (χ1v) is 7.45. The predicted octanol–water partition coefficient (Wildman–Crippen LogP) is 2.77. The van der Waals surface area contributed by atoms with Crippen LogP contribution in [-0.4, -0.2) is 29.4 Å². The van der Waals surface area contributed by atoms with Crippen molar-refractivity contribution in [3.63, 3.8) is 0 Å². The molecule has 0 aromatic heterocycles. The number of anilines is 1. The van der Waals surface area contributed by atoms with Crippen LogP contribution in [0.4, 0.5) is 5.69 Å². The molecule has 0 spiro atoms. The number of halogens is 1. The Morgan fingerprint density at radius 1 is 1.38 bits per heavy atom. The first-order valence-electron chi connectivity index (χ1n) is 7.45.